The molecule has 1 N–H and O–H groups in total. The second kappa shape index (κ2) is 8.98. The van der Waals surface area contributed by atoms with E-state index in [-0.39, 0.29) is 17.6 Å². The van der Waals surface area contributed by atoms with E-state index in [1.54, 1.807) is 4.68 Å². The fourth-order valence-electron chi connectivity index (χ4n) is 4.28. The zero-order chi connectivity index (χ0) is 18.5. The average Bonchev–Trinajstić information content (AvgIpc) is 2.95. The minimum atomic E-state index is -0.0218. The molecule has 3 rings (SSSR count). The zero-order valence-corrected chi connectivity index (χ0v) is 16.5. The minimum Gasteiger partial charge on any atom is -0.297 e. The summed E-state index contributed by atoms with van der Waals surface area (Å²) >= 11 is 5.83. The summed E-state index contributed by atoms with van der Waals surface area (Å²) in [6.45, 7) is 6.81. The van der Waals surface area contributed by atoms with Crippen LogP contribution in [-0.2, 0) is 0 Å². The first-order chi connectivity index (χ1) is 12.6. The van der Waals surface area contributed by atoms with E-state index in [1.165, 1.54) is 19.3 Å². The Hall–Kier alpha value is -1.43. The van der Waals surface area contributed by atoms with Gasteiger partial charge in [-0.3, -0.25) is 9.89 Å². The molecule has 0 aromatic carbocycles. The number of hydrogen-bond donors (Lipinski definition) is 1. The Morgan fingerprint density at radius 2 is 2.00 bits per heavy atom. The topological polar surface area (TPSA) is 65.5 Å². The first-order valence-corrected chi connectivity index (χ1v) is 10.5. The van der Waals surface area contributed by atoms with Crippen LogP contribution in [0.2, 0.25) is 0 Å². The number of rotatable bonds is 6. The Morgan fingerprint density at radius 1 is 1.23 bits per heavy atom. The first-order valence-electron chi connectivity index (χ1n) is 9.95. The minimum absolute atomic E-state index is 0.0218. The van der Waals surface area contributed by atoms with Crippen molar-refractivity contribution in [2.24, 2.45) is 10.2 Å². The highest BCUT2D eigenvalue weighted by Crippen LogP contribution is 2.28. The van der Waals surface area contributed by atoms with Gasteiger partial charge in [-0.05, 0) is 32.6 Å². The Bertz CT molecular complexity index is 701. The molecule has 2 fully saturated rings. The van der Waals surface area contributed by atoms with Gasteiger partial charge in [0, 0.05) is 12.8 Å². The molecule has 0 spiro atoms. The van der Waals surface area contributed by atoms with Gasteiger partial charge in [-0.2, -0.15) is 5.11 Å². The van der Waals surface area contributed by atoms with E-state index in [0.29, 0.717) is 17.6 Å². The third kappa shape index (κ3) is 4.45. The van der Waals surface area contributed by atoms with Gasteiger partial charge in [0.1, 0.15) is 6.72 Å². The lowest BCUT2D eigenvalue weighted by molar-refractivity contribution is -0.558. The van der Waals surface area contributed by atoms with Crippen LogP contribution < -0.4 is 5.56 Å². The van der Waals surface area contributed by atoms with Crippen LogP contribution in [0.4, 0.5) is 5.69 Å². The third-order valence-electron chi connectivity index (χ3n) is 5.83. The lowest BCUT2D eigenvalue weighted by Crippen LogP contribution is -2.33. The molecule has 7 heteroatoms. The molecule has 2 aliphatic rings. The van der Waals surface area contributed by atoms with Crippen LogP contribution in [0, 0.1) is 6.92 Å². The predicted molar refractivity (Wildman–Crippen MR) is 105 cm³/mol. The molecule has 6 nitrogen and oxygen atoms in total. The predicted octanol–water partition coefficient (Wildman–Crippen LogP) is 4.34. The van der Waals surface area contributed by atoms with Crippen molar-refractivity contribution in [2.45, 2.75) is 82.8 Å². The quantitative estimate of drug-likeness (QED) is 0.339. The number of azo groups is 1. The number of halogens is 1. The van der Waals surface area contributed by atoms with E-state index in [1.807, 2.05) is 6.92 Å². The molecule has 2 saturated carbocycles. The van der Waals surface area contributed by atoms with E-state index in [2.05, 4.69) is 26.6 Å². The number of aryl methyl sites for hydroxylation is 1. The van der Waals surface area contributed by atoms with Crippen LogP contribution in [0.5, 0.6) is 0 Å². The normalized spacial score (nSPS) is 25.0. The van der Waals surface area contributed by atoms with Crippen LogP contribution in [0.3, 0.4) is 0 Å². The average molecular weight is 381 g/mol. The Labute approximate surface area is 160 Å². The van der Waals surface area contributed by atoms with Crippen molar-refractivity contribution in [3.8, 4) is 0 Å². The maximum absolute atomic E-state index is 12.8. The molecule has 0 saturated heterocycles. The van der Waals surface area contributed by atoms with Crippen molar-refractivity contribution in [1.29, 1.82) is 0 Å². The SMILES string of the molecule is C=[N+](CCCl)C1CCCC(N=Nc2c(C)[nH]n(C3CCCCC3)c2=O)C1. The summed E-state index contributed by atoms with van der Waals surface area (Å²) in [7, 11) is 0. The van der Waals surface area contributed by atoms with Gasteiger partial charge in [-0.1, -0.05) is 19.3 Å². The smallest absolute Gasteiger partial charge is 0.294 e. The molecule has 26 heavy (non-hydrogen) atoms. The first kappa shape index (κ1) is 19.3. The molecule has 2 aliphatic carbocycles. The van der Waals surface area contributed by atoms with E-state index >= 15 is 0 Å². The molecule has 1 aromatic heterocycles. The van der Waals surface area contributed by atoms with Gasteiger partial charge in [0.05, 0.1) is 23.7 Å². The molecular formula is C19H31ClN5O+. The second-order valence-corrected chi connectivity index (χ2v) is 8.12. The molecule has 0 amide bonds. The maximum Gasteiger partial charge on any atom is 0.294 e. The summed E-state index contributed by atoms with van der Waals surface area (Å²) in [4.78, 5) is 12.8. The Balaban J connectivity index is 1.69. The molecule has 0 bridgehead atoms. The zero-order valence-electron chi connectivity index (χ0n) is 15.8. The Morgan fingerprint density at radius 3 is 2.73 bits per heavy atom. The molecule has 0 radical (unpaired) electrons. The van der Waals surface area contributed by atoms with Crippen molar-refractivity contribution in [3.05, 3.63) is 16.0 Å². The van der Waals surface area contributed by atoms with Gasteiger partial charge < -0.3 is 0 Å². The molecule has 144 valence electrons. The second-order valence-electron chi connectivity index (χ2n) is 7.74. The molecule has 1 heterocycles. The number of hydrogen-bond acceptors (Lipinski definition) is 3. The number of nitrogens with zero attached hydrogens (tertiary/aromatic N) is 4. The van der Waals surface area contributed by atoms with Crippen molar-refractivity contribution in [3.63, 3.8) is 0 Å². The van der Waals surface area contributed by atoms with E-state index in [9.17, 15) is 4.79 Å². The fourth-order valence-corrected chi connectivity index (χ4v) is 4.50. The monoisotopic (exact) mass is 380 g/mol. The van der Waals surface area contributed by atoms with Gasteiger partial charge in [-0.25, -0.2) is 9.26 Å². The highest BCUT2D eigenvalue weighted by molar-refractivity contribution is 6.17. The van der Waals surface area contributed by atoms with Crippen LogP contribution >= 0.6 is 11.6 Å². The summed E-state index contributed by atoms with van der Waals surface area (Å²) in [6, 6.07) is 0.844. The number of aromatic nitrogens is 2. The number of H-pyrrole nitrogens is 1. The van der Waals surface area contributed by atoms with Gasteiger partial charge in [-0.15, -0.1) is 16.7 Å². The van der Waals surface area contributed by atoms with Crippen LogP contribution in [0.15, 0.2) is 15.0 Å². The highest BCUT2D eigenvalue weighted by atomic mass is 35.5. The summed E-state index contributed by atoms with van der Waals surface area (Å²) < 4.78 is 3.86. The largest absolute Gasteiger partial charge is 0.297 e. The standard InChI is InChI=1S/C19H30ClN5O/c1-14-18(19(26)25(23-14)16-8-4-3-5-9-16)22-21-15-7-6-10-17(13-15)24(2)12-11-20/h15-17H,2-13H2,1H3/p+1. The van der Waals surface area contributed by atoms with Crippen LogP contribution in [0.25, 0.3) is 0 Å². The summed E-state index contributed by atoms with van der Waals surface area (Å²) in [5.41, 5.74) is 1.27. The summed E-state index contributed by atoms with van der Waals surface area (Å²) in [6.07, 6.45) is 10.00. The molecule has 0 aliphatic heterocycles. The van der Waals surface area contributed by atoms with Crippen molar-refractivity contribution in [1.82, 2.24) is 9.78 Å². The van der Waals surface area contributed by atoms with Gasteiger partial charge in [0.2, 0.25) is 0 Å². The Kier molecular flexibility index (Phi) is 6.68. The highest BCUT2D eigenvalue weighted by Gasteiger charge is 2.28. The lowest BCUT2D eigenvalue weighted by Gasteiger charge is -2.23. The van der Waals surface area contributed by atoms with Crippen molar-refractivity contribution >= 4 is 24.0 Å². The van der Waals surface area contributed by atoms with Gasteiger partial charge in [0.15, 0.2) is 18.3 Å². The third-order valence-corrected chi connectivity index (χ3v) is 6.00. The summed E-state index contributed by atoms with van der Waals surface area (Å²) in [5, 5.41) is 12.1. The lowest BCUT2D eigenvalue weighted by atomic mass is 9.91. The van der Waals surface area contributed by atoms with Crippen molar-refractivity contribution < 1.29 is 4.58 Å². The molecule has 2 unspecified atom stereocenters. The van der Waals surface area contributed by atoms with Crippen LogP contribution in [0.1, 0.15) is 69.5 Å². The van der Waals surface area contributed by atoms with Crippen molar-refractivity contribution in [2.75, 3.05) is 12.4 Å². The molecule has 1 aromatic rings. The molecule has 2 atom stereocenters. The summed E-state index contributed by atoms with van der Waals surface area (Å²) in [5.74, 6) is 0.593. The number of nitrogens with one attached hydrogen (secondary N) is 1. The maximum atomic E-state index is 12.8. The fraction of sp³-hybridized carbons (Fsp3) is 0.789. The van der Waals surface area contributed by atoms with Gasteiger partial charge in [0.25, 0.3) is 5.56 Å². The number of aromatic amines is 1. The number of alkyl halides is 1. The molecular weight excluding hydrogens is 350 g/mol. The van der Waals surface area contributed by atoms with Crippen LogP contribution in [-0.4, -0.2) is 45.6 Å². The van der Waals surface area contributed by atoms with E-state index in [0.717, 1.165) is 50.8 Å². The van der Waals surface area contributed by atoms with Gasteiger partial charge >= 0.3 is 0 Å². The van der Waals surface area contributed by atoms with E-state index in [4.69, 9.17) is 11.6 Å². The van der Waals surface area contributed by atoms with E-state index < -0.39 is 0 Å².